The van der Waals surface area contributed by atoms with E-state index in [0.717, 1.165) is 11.6 Å². The lowest BCUT2D eigenvalue weighted by Crippen LogP contribution is -2.34. The lowest BCUT2D eigenvalue weighted by Gasteiger charge is -2.02. The van der Waals surface area contributed by atoms with Gasteiger partial charge in [0.15, 0.2) is 0 Å². The van der Waals surface area contributed by atoms with E-state index in [1.165, 1.54) is 6.08 Å². The highest BCUT2D eigenvalue weighted by atomic mass is 16.5. The van der Waals surface area contributed by atoms with Crippen LogP contribution in [0.15, 0.2) is 36.4 Å². The second-order valence-electron chi connectivity index (χ2n) is 3.60. The molecule has 19 heavy (non-hydrogen) atoms. The van der Waals surface area contributed by atoms with Gasteiger partial charge in [-0.15, -0.1) is 0 Å². The molecule has 1 N–H and O–H groups in total. The normalized spacial score (nSPS) is 10.2. The van der Waals surface area contributed by atoms with Crippen LogP contribution in [0.25, 0.3) is 6.08 Å². The highest BCUT2D eigenvalue weighted by molar-refractivity contribution is 6.41. The largest absolute Gasteiger partial charge is 0.465 e. The summed E-state index contributed by atoms with van der Waals surface area (Å²) in [5, 5.41) is 2.19. The molecule has 0 bridgehead atoms. The van der Waals surface area contributed by atoms with E-state index in [2.05, 4.69) is 10.1 Å². The predicted molar refractivity (Wildman–Crippen MR) is 70.1 cm³/mol. The Hall–Kier alpha value is -2.43. The summed E-state index contributed by atoms with van der Waals surface area (Å²) in [4.78, 5) is 33.8. The van der Waals surface area contributed by atoms with E-state index in [0.29, 0.717) is 0 Å². The molecule has 5 nitrogen and oxygen atoms in total. The van der Waals surface area contributed by atoms with Crippen LogP contribution < -0.4 is 5.32 Å². The number of ketones is 1. The minimum atomic E-state index is -0.833. The number of benzene rings is 1. The average Bonchev–Trinajstić information content (AvgIpc) is 2.43. The Labute approximate surface area is 111 Å². The van der Waals surface area contributed by atoms with E-state index in [1.807, 2.05) is 18.2 Å². The van der Waals surface area contributed by atoms with Gasteiger partial charge in [-0.1, -0.05) is 36.4 Å². The van der Waals surface area contributed by atoms with E-state index in [1.54, 1.807) is 19.1 Å². The first-order chi connectivity index (χ1) is 9.13. The zero-order valence-corrected chi connectivity index (χ0v) is 10.6. The third kappa shape index (κ3) is 5.63. The highest BCUT2D eigenvalue weighted by Crippen LogP contribution is 2.00. The average molecular weight is 261 g/mol. The van der Waals surface area contributed by atoms with Gasteiger partial charge in [0.2, 0.25) is 5.78 Å². The third-order valence-electron chi connectivity index (χ3n) is 2.15. The number of esters is 1. The molecule has 0 aromatic heterocycles. The molecule has 1 aromatic carbocycles. The molecule has 0 atom stereocenters. The molecule has 1 rings (SSSR count). The predicted octanol–water partition coefficient (Wildman–Crippen LogP) is 0.948. The van der Waals surface area contributed by atoms with Crippen LogP contribution in [0, 0.1) is 0 Å². The van der Waals surface area contributed by atoms with Gasteiger partial charge >= 0.3 is 5.97 Å². The fourth-order valence-electron chi connectivity index (χ4n) is 1.26. The molecule has 0 spiro atoms. The maximum absolute atomic E-state index is 11.4. The van der Waals surface area contributed by atoms with Crippen molar-refractivity contribution in [3.63, 3.8) is 0 Å². The van der Waals surface area contributed by atoms with Crippen LogP contribution in [0.4, 0.5) is 0 Å². The van der Waals surface area contributed by atoms with Crippen LogP contribution in [0.5, 0.6) is 0 Å². The summed E-state index contributed by atoms with van der Waals surface area (Å²) >= 11 is 0. The maximum Gasteiger partial charge on any atom is 0.325 e. The van der Waals surface area contributed by atoms with Crippen molar-refractivity contribution in [3.8, 4) is 0 Å². The van der Waals surface area contributed by atoms with Crippen LogP contribution in [0.2, 0.25) is 0 Å². The molecule has 0 unspecified atom stereocenters. The summed E-state index contributed by atoms with van der Waals surface area (Å²) < 4.78 is 4.62. The second kappa shape index (κ2) is 7.81. The van der Waals surface area contributed by atoms with Gasteiger partial charge in [-0.3, -0.25) is 14.4 Å². The van der Waals surface area contributed by atoms with Crippen molar-refractivity contribution >= 4 is 23.7 Å². The van der Waals surface area contributed by atoms with E-state index < -0.39 is 17.7 Å². The highest BCUT2D eigenvalue weighted by Gasteiger charge is 2.11. The van der Waals surface area contributed by atoms with Gasteiger partial charge in [0.1, 0.15) is 6.54 Å². The van der Waals surface area contributed by atoms with Crippen LogP contribution >= 0.6 is 0 Å². The van der Waals surface area contributed by atoms with Gasteiger partial charge < -0.3 is 10.1 Å². The molecular weight excluding hydrogens is 246 g/mol. The first kappa shape index (κ1) is 14.6. The number of rotatable bonds is 6. The first-order valence-electron chi connectivity index (χ1n) is 5.84. The van der Waals surface area contributed by atoms with Crippen LogP contribution in [-0.2, 0) is 19.1 Å². The monoisotopic (exact) mass is 261 g/mol. The summed E-state index contributed by atoms with van der Waals surface area (Å²) in [6.07, 6.45) is 2.70. The number of carbonyl (C=O) groups excluding carboxylic acids is 3. The fraction of sp³-hybridized carbons (Fsp3) is 0.214. The number of hydrogen-bond donors (Lipinski definition) is 1. The molecule has 100 valence electrons. The van der Waals surface area contributed by atoms with Crippen molar-refractivity contribution in [2.24, 2.45) is 0 Å². The zero-order valence-electron chi connectivity index (χ0n) is 10.6. The van der Waals surface area contributed by atoms with E-state index >= 15 is 0 Å². The van der Waals surface area contributed by atoms with Gasteiger partial charge in [-0.2, -0.15) is 0 Å². The van der Waals surface area contributed by atoms with Crippen LogP contribution in [0.3, 0.4) is 0 Å². The third-order valence-corrected chi connectivity index (χ3v) is 2.15. The molecule has 1 aromatic rings. The molecule has 5 heteroatoms. The molecule has 0 saturated heterocycles. The first-order valence-corrected chi connectivity index (χ1v) is 5.84. The summed E-state index contributed by atoms with van der Waals surface area (Å²) in [5.74, 6) is -2.12. The summed E-state index contributed by atoms with van der Waals surface area (Å²) in [6.45, 7) is 1.58. The van der Waals surface area contributed by atoms with Crippen molar-refractivity contribution in [2.75, 3.05) is 13.2 Å². The quantitative estimate of drug-likeness (QED) is 0.470. The van der Waals surface area contributed by atoms with Crippen molar-refractivity contribution in [1.82, 2.24) is 5.32 Å². The summed E-state index contributed by atoms with van der Waals surface area (Å²) in [6, 6.07) is 9.11. The van der Waals surface area contributed by atoms with Crippen molar-refractivity contribution < 1.29 is 19.1 Å². The number of ether oxygens (including phenoxy) is 1. The topological polar surface area (TPSA) is 72.5 Å². The Morgan fingerprint density at radius 1 is 1.21 bits per heavy atom. The van der Waals surface area contributed by atoms with Gasteiger partial charge in [0, 0.05) is 0 Å². The van der Waals surface area contributed by atoms with Crippen molar-refractivity contribution in [1.29, 1.82) is 0 Å². The van der Waals surface area contributed by atoms with Gasteiger partial charge in [-0.05, 0) is 18.6 Å². The Morgan fingerprint density at radius 2 is 1.89 bits per heavy atom. The molecule has 0 aliphatic rings. The number of hydrogen-bond acceptors (Lipinski definition) is 4. The van der Waals surface area contributed by atoms with E-state index in [4.69, 9.17) is 0 Å². The SMILES string of the molecule is CCOC(=O)CNC(=O)C(=O)/C=C/c1ccccc1. The molecule has 0 radical (unpaired) electrons. The molecule has 1 amide bonds. The Morgan fingerprint density at radius 3 is 2.53 bits per heavy atom. The molecule has 0 saturated carbocycles. The van der Waals surface area contributed by atoms with Gasteiger partial charge in [0.25, 0.3) is 5.91 Å². The number of carbonyl (C=O) groups is 3. The summed E-state index contributed by atoms with van der Waals surface area (Å²) in [7, 11) is 0. The minimum Gasteiger partial charge on any atom is -0.465 e. The Kier molecular flexibility index (Phi) is 6.02. The second-order valence-corrected chi connectivity index (χ2v) is 3.60. The van der Waals surface area contributed by atoms with Gasteiger partial charge in [-0.25, -0.2) is 0 Å². The van der Waals surface area contributed by atoms with Crippen LogP contribution in [-0.4, -0.2) is 30.8 Å². The smallest absolute Gasteiger partial charge is 0.325 e. The van der Waals surface area contributed by atoms with Gasteiger partial charge in [0.05, 0.1) is 6.61 Å². The lowest BCUT2D eigenvalue weighted by atomic mass is 10.2. The maximum atomic E-state index is 11.4. The number of amides is 1. The molecule has 0 heterocycles. The minimum absolute atomic E-state index is 0.233. The summed E-state index contributed by atoms with van der Waals surface area (Å²) in [5.41, 5.74) is 0.814. The number of nitrogens with one attached hydrogen (secondary N) is 1. The van der Waals surface area contributed by atoms with E-state index in [9.17, 15) is 14.4 Å². The van der Waals surface area contributed by atoms with Crippen LogP contribution in [0.1, 0.15) is 12.5 Å². The molecule has 0 aliphatic heterocycles. The standard InChI is InChI=1S/C14H15NO4/c1-2-19-13(17)10-15-14(18)12(16)9-8-11-6-4-3-5-7-11/h3-9H,2,10H2,1H3,(H,15,18)/b9-8+. The molecule has 0 fully saturated rings. The molecule has 0 aliphatic carbocycles. The molecular formula is C14H15NO4. The zero-order chi connectivity index (χ0) is 14.1. The van der Waals surface area contributed by atoms with Crippen molar-refractivity contribution in [2.45, 2.75) is 6.92 Å². The Balaban J connectivity index is 2.43. The van der Waals surface area contributed by atoms with Crippen molar-refractivity contribution in [3.05, 3.63) is 42.0 Å². The fourth-order valence-corrected chi connectivity index (χ4v) is 1.26. The lowest BCUT2D eigenvalue weighted by molar-refractivity contribution is -0.144. The Bertz CT molecular complexity index is 479. The van der Waals surface area contributed by atoms with E-state index in [-0.39, 0.29) is 13.2 Å².